The van der Waals surface area contributed by atoms with Crippen molar-refractivity contribution in [3.63, 3.8) is 0 Å². The van der Waals surface area contributed by atoms with E-state index in [0.29, 0.717) is 40.3 Å². The Hall–Kier alpha value is -5.18. The lowest BCUT2D eigenvalue weighted by Gasteiger charge is -2.33. The van der Waals surface area contributed by atoms with Gasteiger partial charge < -0.3 is 14.8 Å². The van der Waals surface area contributed by atoms with Crippen LogP contribution in [0.25, 0.3) is 11.0 Å². The van der Waals surface area contributed by atoms with Crippen molar-refractivity contribution in [3.05, 3.63) is 114 Å². The molecule has 1 aromatic heterocycles. The van der Waals surface area contributed by atoms with Crippen LogP contribution in [0.3, 0.4) is 0 Å². The van der Waals surface area contributed by atoms with Gasteiger partial charge in [0.25, 0.3) is 0 Å². The number of nitrogens with zero attached hydrogens (tertiary/aromatic N) is 4. The first-order valence-corrected chi connectivity index (χ1v) is 13.2. The zero-order chi connectivity index (χ0) is 28.8. The van der Waals surface area contributed by atoms with Gasteiger partial charge in [0.1, 0.15) is 29.6 Å². The minimum Gasteiger partial charge on any atom is -0.497 e. The predicted octanol–water partition coefficient (Wildman–Crippen LogP) is 4.85. The first-order chi connectivity index (χ1) is 20.0. The number of hydrogen-bond acceptors (Lipinski definition) is 6. The first kappa shape index (κ1) is 27.4. The van der Waals surface area contributed by atoms with Gasteiger partial charge in [-0.15, -0.1) is 5.10 Å². The lowest BCUT2D eigenvalue weighted by Crippen LogP contribution is -2.45. The van der Waals surface area contributed by atoms with Gasteiger partial charge in [0.15, 0.2) is 0 Å². The minimum absolute atomic E-state index is 0.149. The summed E-state index contributed by atoms with van der Waals surface area (Å²) in [6.45, 7) is 2.07. The number of hydrogen-bond donors (Lipinski definition) is 1. The monoisotopic (exact) mass is 549 g/mol. The van der Waals surface area contributed by atoms with E-state index in [1.807, 2.05) is 79.7 Å². The standard InChI is InChI=1S/C32H31N5O4/c1-22-16-17-29(41-3)28(18-22)37(30(38)21-36-27-15-8-7-14-26(27)34-35-36)31(24-12-9-13-25(19-24)40-2)32(39)33-20-23-10-5-4-6-11-23/h4-19,31H,20-21H2,1-3H3,(H,33,39). The second-order valence-electron chi connectivity index (χ2n) is 9.56. The third-order valence-corrected chi connectivity index (χ3v) is 6.79. The molecule has 0 bridgehead atoms. The second-order valence-corrected chi connectivity index (χ2v) is 9.56. The van der Waals surface area contributed by atoms with Crippen molar-refractivity contribution >= 4 is 28.5 Å². The lowest BCUT2D eigenvalue weighted by atomic mass is 10.0. The van der Waals surface area contributed by atoms with Gasteiger partial charge >= 0.3 is 0 Å². The van der Waals surface area contributed by atoms with E-state index in [4.69, 9.17) is 9.47 Å². The number of ether oxygens (including phenoxy) is 2. The Bertz CT molecular complexity index is 1670. The molecule has 0 aliphatic heterocycles. The van der Waals surface area contributed by atoms with Gasteiger partial charge in [0.05, 0.1) is 25.4 Å². The Morgan fingerprint density at radius 2 is 1.68 bits per heavy atom. The smallest absolute Gasteiger partial charge is 0.249 e. The maximum Gasteiger partial charge on any atom is 0.249 e. The fourth-order valence-electron chi connectivity index (χ4n) is 4.76. The molecule has 41 heavy (non-hydrogen) atoms. The van der Waals surface area contributed by atoms with Gasteiger partial charge in [0, 0.05) is 6.54 Å². The molecule has 208 valence electrons. The Morgan fingerprint density at radius 3 is 2.46 bits per heavy atom. The molecular formula is C32H31N5O4. The summed E-state index contributed by atoms with van der Waals surface area (Å²) in [4.78, 5) is 29.9. The van der Waals surface area contributed by atoms with Crippen molar-refractivity contribution in [3.8, 4) is 11.5 Å². The highest BCUT2D eigenvalue weighted by atomic mass is 16.5. The fourth-order valence-corrected chi connectivity index (χ4v) is 4.76. The summed E-state index contributed by atoms with van der Waals surface area (Å²) < 4.78 is 12.7. The van der Waals surface area contributed by atoms with Crippen LogP contribution in [0.2, 0.25) is 0 Å². The van der Waals surface area contributed by atoms with Crippen molar-refractivity contribution < 1.29 is 19.1 Å². The minimum atomic E-state index is -1.05. The van der Waals surface area contributed by atoms with Crippen molar-refractivity contribution in [2.45, 2.75) is 26.1 Å². The molecule has 0 fully saturated rings. The van der Waals surface area contributed by atoms with Crippen LogP contribution in [0.4, 0.5) is 5.69 Å². The number of aryl methyl sites for hydroxylation is 1. The molecule has 0 saturated heterocycles. The number of anilines is 1. The van der Waals surface area contributed by atoms with Crippen molar-refractivity contribution in [1.29, 1.82) is 0 Å². The molecule has 0 aliphatic carbocycles. The summed E-state index contributed by atoms with van der Waals surface area (Å²) in [5, 5.41) is 11.4. The van der Waals surface area contributed by atoms with Crippen LogP contribution in [-0.4, -0.2) is 41.0 Å². The van der Waals surface area contributed by atoms with Crippen LogP contribution in [0.15, 0.2) is 97.1 Å². The molecule has 1 unspecified atom stereocenters. The Morgan fingerprint density at radius 1 is 0.902 bits per heavy atom. The molecule has 1 N–H and O–H groups in total. The van der Waals surface area contributed by atoms with Crippen LogP contribution in [0.1, 0.15) is 22.7 Å². The van der Waals surface area contributed by atoms with Gasteiger partial charge in [-0.3, -0.25) is 14.5 Å². The number of carbonyl (C=O) groups excluding carboxylic acids is 2. The number of aromatic nitrogens is 3. The summed E-state index contributed by atoms with van der Waals surface area (Å²) in [5.41, 5.74) is 4.26. The highest BCUT2D eigenvalue weighted by molar-refractivity contribution is 6.02. The SMILES string of the molecule is COc1cccc(C(C(=O)NCc2ccccc2)N(C(=O)Cn2nnc3ccccc32)c2cc(C)ccc2OC)c1. The molecule has 0 radical (unpaired) electrons. The molecule has 0 spiro atoms. The third kappa shape index (κ3) is 6.04. The summed E-state index contributed by atoms with van der Waals surface area (Å²) >= 11 is 0. The zero-order valence-electron chi connectivity index (χ0n) is 23.2. The van der Waals surface area contributed by atoms with E-state index in [-0.39, 0.29) is 18.4 Å². The molecule has 9 nitrogen and oxygen atoms in total. The summed E-state index contributed by atoms with van der Waals surface area (Å²) in [5.74, 6) is 0.292. The van der Waals surface area contributed by atoms with Crippen molar-refractivity contribution in [1.82, 2.24) is 20.3 Å². The van der Waals surface area contributed by atoms with Gasteiger partial charge in [-0.25, -0.2) is 4.68 Å². The molecule has 1 heterocycles. The molecule has 5 aromatic rings. The molecule has 9 heteroatoms. The van der Waals surface area contributed by atoms with Crippen LogP contribution >= 0.6 is 0 Å². The highest BCUT2D eigenvalue weighted by Gasteiger charge is 2.35. The molecule has 5 rings (SSSR count). The molecule has 0 saturated carbocycles. The number of benzene rings is 4. The number of rotatable bonds is 10. The van der Waals surface area contributed by atoms with E-state index < -0.39 is 6.04 Å². The Labute approximate surface area is 238 Å². The molecular weight excluding hydrogens is 518 g/mol. The summed E-state index contributed by atoms with van der Waals surface area (Å²) in [6, 6.07) is 28.7. The van der Waals surface area contributed by atoms with Crippen molar-refractivity contribution in [2.24, 2.45) is 0 Å². The summed E-state index contributed by atoms with van der Waals surface area (Å²) in [6.07, 6.45) is 0. The van der Waals surface area contributed by atoms with E-state index in [9.17, 15) is 9.59 Å². The third-order valence-electron chi connectivity index (χ3n) is 6.79. The summed E-state index contributed by atoms with van der Waals surface area (Å²) in [7, 11) is 3.10. The fraction of sp³-hybridized carbons (Fsp3) is 0.188. The normalized spacial score (nSPS) is 11.6. The quantitative estimate of drug-likeness (QED) is 0.268. The van der Waals surface area contributed by atoms with Crippen molar-refractivity contribution in [2.75, 3.05) is 19.1 Å². The molecule has 1 atom stereocenters. The van der Waals surface area contributed by atoms with Gasteiger partial charge in [-0.2, -0.15) is 0 Å². The van der Waals surface area contributed by atoms with Crippen LogP contribution < -0.4 is 19.7 Å². The predicted molar refractivity (Wildman–Crippen MR) is 157 cm³/mol. The Balaban J connectivity index is 1.62. The molecule has 4 aromatic carbocycles. The number of carbonyl (C=O) groups is 2. The van der Waals surface area contributed by atoms with Gasteiger partial charge in [-0.05, 0) is 60.0 Å². The average molecular weight is 550 g/mol. The van der Waals surface area contributed by atoms with E-state index in [1.165, 1.54) is 16.7 Å². The molecule has 2 amide bonds. The highest BCUT2D eigenvalue weighted by Crippen LogP contribution is 2.37. The maximum absolute atomic E-state index is 14.4. The van der Waals surface area contributed by atoms with E-state index in [1.54, 1.807) is 31.4 Å². The number of amides is 2. The lowest BCUT2D eigenvalue weighted by molar-refractivity contribution is -0.127. The van der Waals surface area contributed by atoms with E-state index in [2.05, 4.69) is 15.6 Å². The van der Waals surface area contributed by atoms with Crippen LogP contribution in [0.5, 0.6) is 11.5 Å². The molecule has 0 aliphatic rings. The first-order valence-electron chi connectivity index (χ1n) is 13.2. The second kappa shape index (κ2) is 12.3. The van der Waals surface area contributed by atoms with Crippen LogP contribution in [0, 0.1) is 6.92 Å². The van der Waals surface area contributed by atoms with Gasteiger partial charge in [-0.1, -0.05) is 65.9 Å². The van der Waals surface area contributed by atoms with E-state index >= 15 is 0 Å². The number of methoxy groups -OCH3 is 2. The number of para-hydroxylation sites is 1. The zero-order valence-corrected chi connectivity index (χ0v) is 23.2. The van der Waals surface area contributed by atoms with E-state index in [0.717, 1.165) is 11.1 Å². The van der Waals surface area contributed by atoms with Crippen LogP contribution in [-0.2, 0) is 22.7 Å². The number of nitrogens with one attached hydrogen (secondary N) is 1. The average Bonchev–Trinajstić information content (AvgIpc) is 3.41. The maximum atomic E-state index is 14.4. The number of fused-ring (bicyclic) bond motifs is 1. The topological polar surface area (TPSA) is 98.6 Å². The largest absolute Gasteiger partial charge is 0.497 e. The Kier molecular flexibility index (Phi) is 8.24. The van der Waals surface area contributed by atoms with Gasteiger partial charge in [0.2, 0.25) is 11.8 Å².